The molecule has 0 spiro atoms. The Hall–Kier alpha value is -0.940. The molecule has 1 aliphatic heterocycles. The molecule has 5 heteroatoms. The van der Waals surface area contributed by atoms with Crippen molar-refractivity contribution in [1.29, 1.82) is 0 Å². The number of likely N-dealkylation sites (tertiary alicyclic amines) is 1. The maximum atomic E-state index is 5.46. The summed E-state index contributed by atoms with van der Waals surface area (Å²) >= 11 is 0. The average molecular weight is 238 g/mol. The molecule has 2 rings (SSSR count). The standard InChI is InChI=1S/C12H22N4O/c1-9-4-3-5-10(2)16(7-9)8-11-14-12(6-13)17-15-11/h9-10H,3-8,13H2,1-2H3. The molecule has 1 aromatic heterocycles. The first kappa shape index (κ1) is 12.5. The van der Waals surface area contributed by atoms with Crippen LogP contribution in [0.25, 0.3) is 0 Å². The first-order valence-corrected chi connectivity index (χ1v) is 6.44. The minimum absolute atomic E-state index is 0.318. The maximum Gasteiger partial charge on any atom is 0.240 e. The molecule has 0 aliphatic carbocycles. The van der Waals surface area contributed by atoms with Gasteiger partial charge in [0.05, 0.1) is 13.1 Å². The van der Waals surface area contributed by atoms with E-state index < -0.39 is 0 Å². The summed E-state index contributed by atoms with van der Waals surface area (Å²) in [5.41, 5.74) is 5.46. The van der Waals surface area contributed by atoms with Crippen molar-refractivity contribution in [3.8, 4) is 0 Å². The van der Waals surface area contributed by atoms with Crippen molar-refractivity contribution < 1.29 is 4.52 Å². The fraction of sp³-hybridized carbons (Fsp3) is 0.833. The van der Waals surface area contributed by atoms with Crippen LogP contribution in [0.3, 0.4) is 0 Å². The molecule has 1 saturated heterocycles. The highest BCUT2D eigenvalue weighted by Gasteiger charge is 2.22. The first-order valence-electron chi connectivity index (χ1n) is 6.44. The van der Waals surface area contributed by atoms with Crippen molar-refractivity contribution in [2.45, 2.75) is 52.2 Å². The quantitative estimate of drug-likeness (QED) is 0.865. The molecule has 1 aromatic rings. The van der Waals surface area contributed by atoms with E-state index in [0.717, 1.165) is 24.8 Å². The van der Waals surface area contributed by atoms with Crippen molar-refractivity contribution in [3.63, 3.8) is 0 Å². The summed E-state index contributed by atoms with van der Waals surface area (Å²) in [4.78, 5) is 6.72. The van der Waals surface area contributed by atoms with Crippen molar-refractivity contribution in [2.75, 3.05) is 6.54 Å². The molecular weight excluding hydrogens is 216 g/mol. The molecular formula is C12H22N4O. The topological polar surface area (TPSA) is 68.2 Å². The molecule has 2 atom stereocenters. The monoisotopic (exact) mass is 238 g/mol. The number of rotatable bonds is 3. The third kappa shape index (κ3) is 3.26. The van der Waals surface area contributed by atoms with Crippen molar-refractivity contribution >= 4 is 0 Å². The number of hydrogen-bond acceptors (Lipinski definition) is 5. The van der Waals surface area contributed by atoms with Gasteiger partial charge in [0.1, 0.15) is 0 Å². The van der Waals surface area contributed by atoms with Gasteiger partial charge in [-0.05, 0) is 25.7 Å². The lowest BCUT2D eigenvalue weighted by atomic mass is 10.1. The Morgan fingerprint density at radius 2 is 2.24 bits per heavy atom. The van der Waals surface area contributed by atoms with Crippen molar-refractivity contribution in [2.24, 2.45) is 11.7 Å². The van der Waals surface area contributed by atoms with E-state index in [9.17, 15) is 0 Å². The van der Waals surface area contributed by atoms with Crippen molar-refractivity contribution in [1.82, 2.24) is 15.0 Å². The third-order valence-corrected chi connectivity index (χ3v) is 3.52. The number of nitrogens with zero attached hydrogens (tertiary/aromatic N) is 3. The molecule has 0 saturated carbocycles. The Bertz CT molecular complexity index is 352. The van der Waals surface area contributed by atoms with Crippen LogP contribution < -0.4 is 5.73 Å². The normalized spacial score (nSPS) is 27.0. The number of hydrogen-bond donors (Lipinski definition) is 1. The SMILES string of the molecule is CC1CCCC(C)N(Cc2noc(CN)n2)C1. The van der Waals surface area contributed by atoms with Crippen LogP contribution in [0.5, 0.6) is 0 Å². The van der Waals surface area contributed by atoms with Gasteiger partial charge in [0.15, 0.2) is 5.82 Å². The van der Waals surface area contributed by atoms with Crippen LogP contribution in [-0.2, 0) is 13.1 Å². The molecule has 17 heavy (non-hydrogen) atoms. The summed E-state index contributed by atoms with van der Waals surface area (Å²) in [7, 11) is 0. The van der Waals surface area contributed by atoms with Gasteiger partial charge in [-0.3, -0.25) is 4.90 Å². The van der Waals surface area contributed by atoms with E-state index in [-0.39, 0.29) is 0 Å². The van der Waals surface area contributed by atoms with E-state index in [4.69, 9.17) is 10.3 Å². The highest BCUT2D eigenvalue weighted by atomic mass is 16.5. The molecule has 1 fully saturated rings. The smallest absolute Gasteiger partial charge is 0.240 e. The van der Waals surface area contributed by atoms with Gasteiger partial charge in [0.25, 0.3) is 0 Å². The zero-order chi connectivity index (χ0) is 12.3. The van der Waals surface area contributed by atoms with Crippen LogP contribution in [0.2, 0.25) is 0 Å². The molecule has 2 N–H and O–H groups in total. The number of nitrogens with two attached hydrogens (primary N) is 1. The summed E-state index contributed by atoms with van der Waals surface area (Å²) in [6, 6.07) is 0.597. The zero-order valence-corrected chi connectivity index (χ0v) is 10.7. The lowest BCUT2D eigenvalue weighted by molar-refractivity contribution is 0.179. The molecule has 96 valence electrons. The molecule has 2 unspecified atom stereocenters. The highest BCUT2D eigenvalue weighted by molar-refractivity contribution is 4.87. The number of aromatic nitrogens is 2. The summed E-state index contributed by atoms with van der Waals surface area (Å²) in [5, 5.41) is 3.96. The van der Waals surface area contributed by atoms with Gasteiger partial charge in [-0.25, -0.2) is 0 Å². The van der Waals surface area contributed by atoms with Gasteiger partial charge in [-0.1, -0.05) is 18.5 Å². The Balaban J connectivity index is 1.99. The highest BCUT2D eigenvalue weighted by Crippen LogP contribution is 2.21. The average Bonchev–Trinajstić information content (AvgIpc) is 2.69. The minimum Gasteiger partial charge on any atom is -0.338 e. The van der Waals surface area contributed by atoms with Gasteiger partial charge >= 0.3 is 0 Å². The predicted octanol–water partition coefficient (Wildman–Crippen LogP) is 1.54. The van der Waals surface area contributed by atoms with Crippen LogP contribution in [0.15, 0.2) is 4.52 Å². The lowest BCUT2D eigenvalue weighted by Crippen LogP contribution is -2.34. The lowest BCUT2D eigenvalue weighted by Gasteiger charge is -2.26. The molecule has 1 aliphatic rings. The van der Waals surface area contributed by atoms with Crippen LogP contribution in [0.1, 0.15) is 44.8 Å². The Kier molecular flexibility index (Phi) is 4.12. The van der Waals surface area contributed by atoms with E-state index in [1.165, 1.54) is 19.3 Å². The fourth-order valence-electron chi connectivity index (χ4n) is 2.46. The molecule has 0 bridgehead atoms. The molecule has 0 aromatic carbocycles. The second-order valence-corrected chi connectivity index (χ2v) is 5.12. The van der Waals surface area contributed by atoms with E-state index >= 15 is 0 Å². The Morgan fingerprint density at radius 3 is 2.94 bits per heavy atom. The minimum atomic E-state index is 0.318. The second-order valence-electron chi connectivity index (χ2n) is 5.12. The first-order chi connectivity index (χ1) is 8.19. The summed E-state index contributed by atoms with van der Waals surface area (Å²) in [6.07, 6.45) is 3.90. The van der Waals surface area contributed by atoms with E-state index in [0.29, 0.717) is 18.5 Å². The summed E-state index contributed by atoms with van der Waals surface area (Å²) in [5.74, 6) is 2.03. The van der Waals surface area contributed by atoms with Crippen molar-refractivity contribution in [3.05, 3.63) is 11.7 Å². The van der Waals surface area contributed by atoms with E-state index in [2.05, 4.69) is 28.9 Å². The molecule has 2 heterocycles. The summed E-state index contributed by atoms with van der Waals surface area (Å²) < 4.78 is 5.04. The van der Waals surface area contributed by atoms with Crippen LogP contribution in [0.4, 0.5) is 0 Å². The van der Waals surface area contributed by atoms with Gasteiger partial charge in [0, 0.05) is 12.6 Å². The molecule has 0 radical (unpaired) electrons. The third-order valence-electron chi connectivity index (χ3n) is 3.52. The maximum absolute atomic E-state index is 5.46. The zero-order valence-electron chi connectivity index (χ0n) is 10.7. The largest absolute Gasteiger partial charge is 0.338 e. The summed E-state index contributed by atoms with van der Waals surface area (Å²) in [6.45, 7) is 6.80. The van der Waals surface area contributed by atoms with Gasteiger partial charge in [0.2, 0.25) is 5.89 Å². The fourth-order valence-corrected chi connectivity index (χ4v) is 2.46. The van der Waals surface area contributed by atoms with E-state index in [1.54, 1.807) is 0 Å². The second kappa shape index (κ2) is 5.60. The molecule has 0 amide bonds. The Morgan fingerprint density at radius 1 is 1.41 bits per heavy atom. The van der Waals surface area contributed by atoms with Gasteiger partial charge in [-0.2, -0.15) is 4.98 Å². The molecule has 5 nitrogen and oxygen atoms in total. The van der Waals surface area contributed by atoms with E-state index in [1.807, 2.05) is 0 Å². The van der Waals surface area contributed by atoms with Crippen LogP contribution in [-0.4, -0.2) is 27.6 Å². The van der Waals surface area contributed by atoms with Gasteiger partial charge < -0.3 is 10.3 Å². The Labute approximate surface area is 102 Å². The van der Waals surface area contributed by atoms with Crippen LogP contribution in [0, 0.1) is 5.92 Å². The predicted molar refractivity (Wildman–Crippen MR) is 65.1 cm³/mol. The van der Waals surface area contributed by atoms with Crippen LogP contribution >= 0.6 is 0 Å². The van der Waals surface area contributed by atoms with Gasteiger partial charge in [-0.15, -0.1) is 0 Å².